The second kappa shape index (κ2) is 2.47. The molecule has 1 unspecified atom stereocenters. The number of halogens is 1. The quantitative estimate of drug-likeness (QED) is 0.479. The van der Waals surface area contributed by atoms with E-state index >= 15 is 0 Å². The molecule has 0 aromatic carbocycles. The summed E-state index contributed by atoms with van der Waals surface area (Å²) in [5.74, 6) is 0. The lowest BCUT2D eigenvalue weighted by Crippen LogP contribution is -2.39. The van der Waals surface area contributed by atoms with Gasteiger partial charge in [-0.2, -0.15) is 0 Å². The zero-order chi connectivity index (χ0) is 6.91. The lowest BCUT2D eigenvalue weighted by Gasteiger charge is -2.34. The molecule has 1 saturated heterocycles. The number of rotatable bonds is 0. The molecule has 2 heteroatoms. The second-order valence-electron chi connectivity index (χ2n) is 3.06. The highest BCUT2D eigenvalue weighted by Crippen LogP contribution is 2.28. The minimum Gasteiger partial charge on any atom is -0.374 e. The summed E-state index contributed by atoms with van der Waals surface area (Å²) in [7, 11) is 0. The lowest BCUT2D eigenvalue weighted by atomic mass is 9.98. The van der Waals surface area contributed by atoms with Crippen molar-refractivity contribution in [1.82, 2.24) is 0 Å². The molecule has 1 aliphatic rings. The average Bonchev–Trinajstić information content (AvgIpc) is 1.77. The number of hydrogen-bond donors (Lipinski definition) is 0. The van der Waals surface area contributed by atoms with E-state index in [-0.39, 0.29) is 11.0 Å². The Bertz CT molecular complexity index is 101. The van der Waals surface area contributed by atoms with E-state index in [1.807, 2.05) is 13.8 Å². The largest absolute Gasteiger partial charge is 0.374 e. The first-order valence-electron chi connectivity index (χ1n) is 3.41. The van der Waals surface area contributed by atoms with Gasteiger partial charge in [0, 0.05) is 6.61 Å². The van der Waals surface area contributed by atoms with Crippen LogP contribution in [0.1, 0.15) is 26.7 Å². The van der Waals surface area contributed by atoms with Crippen LogP contribution in [-0.2, 0) is 4.74 Å². The van der Waals surface area contributed by atoms with Gasteiger partial charge in [-0.15, -0.1) is 11.6 Å². The molecule has 1 nitrogen and oxygen atoms in total. The van der Waals surface area contributed by atoms with E-state index in [9.17, 15) is 0 Å². The van der Waals surface area contributed by atoms with Gasteiger partial charge in [-0.1, -0.05) is 0 Å². The molecule has 54 valence electrons. The molecule has 0 N–H and O–H groups in total. The van der Waals surface area contributed by atoms with Gasteiger partial charge in [0.2, 0.25) is 0 Å². The molecule has 0 saturated carbocycles. The molecule has 9 heavy (non-hydrogen) atoms. The van der Waals surface area contributed by atoms with Gasteiger partial charge in [0.1, 0.15) is 0 Å². The molecular weight excluding hydrogens is 136 g/mol. The Kier molecular flexibility index (Phi) is 2.02. The molecule has 0 aliphatic carbocycles. The van der Waals surface area contributed by atoms with Gasteiger partial charge < -0.3 is 4.74 Å². The zero-order valence-corrected chi connectivity index (χ0v) is 6.74. The van der Waals surface area contributed by atoms with Gasteiger partial charge in [0.05, 0.1) is 11.0 Å². The van der Waals surface area contributed by atoms with E-state index in [4.69, 9.17) is 16.3 Å². The van der Waals surface area contributed by atoms with Crippen molar-refractivity contribution < 1.29 is 4.74 Å². The number of hydrogen-bond acceptors (Lipinski definition) is 1. The maximum atomic E-state index is 5.98. The summed E-state index contributed by atoms with van der Waals surface area (Å²) in [5.41, 5.74) is -0.0974. The Morgan fingerprint density at radius 2 is 2.22 bits per heavy atom. The average molecular weight is 149 g/mol. The van der Waals surface area contributed by atoms with Crippen molar-refractivity contribution in [2.24, 2.45) is 0 Å². The first-order chi connectivity index (χ1) is 4.13. The van der Waals surface area contributed by atoms with E-state index in [0.717, 1.165) is 19.4 Å². The molecule has 0 aromatic rings. The van der Waals surface area contributed by atoms with Crippen molar-refractivity contribution in [3.63, 3.8) is 0 Å². The van der Waals surface area contributed by atoms with Crippen LogP contribution >= 0.6 is 11.6 Å². The highest BCUT2D eigenvalue weighted by Gasteiger charge is 2.31. The van der Waals surface area contributed by atoms with Crippen molar-refractivity contribution in [3.8, 4) is 0 Å². The standard InChI is InChI=1S/C7H13ClO/c1-7(2)6(8)4-3-5-9-7/h6H,3-5H2,1-2H3. The predicted molar refractivity (Wildman–Crippen MR) is 38.9 cm³/mol. The monoisotopic (exact) mass is 148 g/mol. The second-order valence-corrected chi connectivity index (χ2v) is 3.59. The maximum Gasteiger partial charge on any atom is 0.0789 e. The summed E-state index contributed by atoms with van der Waals surface area (Å²) < 4.78 is 5.45. The third kappa shape index (κ3) is 1.59. The summed E-state index contributed by atoms with van der Waals surface area (Å²) in [6.07, 6.45) is 2.20. The fraction of sp³-hybridized carbons (Fsp3) is 1.00. The van der Waals surface area contributed by atoms with Gasteiger partial charge in [-0.25, -0.2) is 0 Å². The summed E-state index contributed by atoms with van der Waals surface area (Å²) in [6.45, 7) is 4.96. The van der Waals surface area contributed by atoms with E-state index in [1.165, 1.54) is 0 Å². The summed E-state index contributed by atoms with van der Waals surface area (Å²) in [5, 5.41) is 0.200. The molecule has 1 atom stereocenters. The molecule has 0 amide bonds. The number of ether oxygens (including phenoxy) is 1. The van der Waals surface area contributed by atoms with Crippen LogP contribution in [0.25, 0.3) is 0 Å². The van der Waals surface area contributed by atoms with Gasteiger partial charge >= 0.3 is 0 Å². The highest BCUT2D eigenvalue weighted by molar-refractivity contribution is 6.21. The predicted octanol–water partition coefficient (Wildman–Crippen LogP) is 2.18. The third-order valence-corrected chi connectivity index (χ3v) is 2.57. The van der Waals surface area contributed by atoms with Crippen molar-refractivity contribution in [2.45, 2.75) is 37.7 Å². The van der Waals surface area contributed by atoms with Crippen LogP contribution in [0.3, 0.4) is 0 Å². The van der Waals surface area contributed by atoms with Crippen molar-refractivity contribution in [3.05, 3.63) is 0 Å². The van der Waals surface area contributed by atoms with Crippen LogP contribution in [-0.4, -0.2) is 17.6 Å². The Hall–Kier alpha value is 0.250. The first kappa shape index (κ1) is 7.36. The van der Waals surface area contributed by atoms with Crippen LogP contribution in [0.4, 0.5) is 0 Å². The van der Waals surface area contributed by atoms with Crippen LogP contribution in [0.2, 0.25) is 0 Å². The Labute approximate surface area is 61.3 Å². The molecule has 0 bridgehead atoms. The zero-order valence-electron chi connectivity index (χ0n) is 5.98. The Balaban J connectivity index is 2.49. The SMILES string of the molecule is CC1(C)OCCCC1Cl. The van der Waals surface area contributed by atoms with Gasteiger partial charge in [-0.05, 0) is 26.7 Å². The summed E-state index contributed by atoms with van der Waals surface area (Å²) in [6, 6.07) is 0. The van der Waals surface area contributed by atoms with Gasteiger partial charge in [-0.3, -0.25) is 0 Å². The van der Waals surface area contributed by atoms with Crippen LogP contribution in [0, 0.1) is 0 Å². The molecule has 0 radical (unpaired) electrons. The molecule has 1 fully saturated rings. The normalized spacial score (nSPS) is 34.3. The fourth-order valence-electron chi connectivity index (χ4n) is 1.04. The lowest BCUT2D eigenvalue weighted by molar-refractivity contribution is -0.0475. The molecule has 0 aromatic heterocycles. The minimum atomic E-state index is -0.0974. The van der Waals surface area contributed by atoms with E-state index < -0.39 is 0 Å². The molecule has 1 rings (SSSR count). The maximum absolute atomic E-state index is 5.98. The first-order valence-corrected chi connectivity index (χ1v) is 3.84. The molecule has 1 heterocycles. The fourth-order valence-corrected chi connectivity index (χ4v) is 1.25. The summed E-state index contributed by atoms with van der Waals surface area (Å²) in [4.78, 5) is 0. The van der Waals surface area contributed by atoms with Crippen molar-refractivity contribution in [2.75, 3.05) is 6.61 Å². The Morgan fingerprint density at radius 1 is 1.56 bits per heavy atom. The van der Waals surface area contributed by atoms with Crippen LogP contribution < -0.4 is 0 Å². The number of alkyl halides is 1. The van der Waals surface area contributed by atoms with Crippen molar-refractivity contribution >= 4 is 11.6 Å². The van der Waals surface area contributed by atoms with Gasteiger partial charge in [0.25, 0.3) is 0 Å². The van der Waals surface area contributed by atoms with E-state index in [1.54, 1.807) is 0 Å². The van der Waals surface area contributed by atoms with Crippen LogP contribution in [0.15, 0.2) is 0 Å². The highest BCUT2D eigenvalue weighted by atomic mass is 35.5. The molecule has 0 spiro atoms. The smallest absolute Gasteiger partial charge is 0.0789 e. The van der Waals surface area contributed by atoms with Crippen molar-refractivity contribution in [1.29, 1.82) is 0 Å². The van der Waals surface area contributed by atoms with E-state index in [0.29, 0.717) is 0 Å². The van der Waals surface area contributed by atoms with E-state index in [2.05, 4.69) is 0 Å². The molecule has 1 aliphatic heterocycles. The Morgan fingerprint density at radius 3 is 2.56 bits per heavy atom. The minimum absolute atomic E-state index is 0.0974. The van der Waals surface area contributed by atoms with Crippen LogP contribution in [0.5, 0.6) is 0 Å². The topological polar surface area (TPSA) is 9.23 Å². The van der Waals surface area contributed by atoms with Gasteiger partial charge in [0.15, 0.2) is 0 Å². The summed E-state index contributed by atoms with van der Waals surface area (Å²) >= 11 is 5.98. The third-order valence-electron chi connectivity index (χ3n) is 1.83. The molecular formula is C7H13ClO.